The third-order valence-electron chi connectivity index (χ3n) is 5.49. The average Bonchev–Trinajstić information content (AvgIpc) is 3.26. The molecule has 0 aliphatic carbocycles. The zero-order valence-electron chi connectivity index (χ0n) is 16.5. The van der Waals surface area contributed by atoms with Crippen LogP contribution in [-0.4, -0.2) is 47.1 Å². The number of ether oxygens (including phenoxy) is 3. The Morgan fingerprint density at radius 3 is 2.30 bits per heavy atom. The second-order valence-corrected chi connectivity index (χ2v) is 7.29. The fourth-order valence-electron chi connectivity index (χ4n) is 4.07. The standard InChI is InChI=1S/C23H21N3O4/c1-28-21-22(25-12-11-24-21)29-15-10-13-26(14-15)23(27)20-16-6-2-4-8-18(16)30-19-9-5-3-7-17(19)20/h2-9,11-12,15,20H,10,13-14H2,1H3. The molecule has 1 unspecified atom stereocenters. The van der Waals surface area contributed by atoms with Crippen LogP contribution in [0.2, 0.25) is 0 Å². The van der Waals surface area contributed by atoms with E-state index < -0.39 is 5.92 Å². The van der Waals surface area contributed by atoms with Crippen molar-refractivity contribution in [1.29, 1.82) is 0 Å². The Balaban J connectivity index is 1.38. The van der Waals surface area contributed by atoms with Crippen LogP contribution >= 0.6 is 0 Å². The van der Waals surface area contributed by atoms with Crippen molar-refractivity contribution in [1.82, 2.24) is 14.9 Å². The highest BCUT2D eigenvalue weighted by Crippen LogP contribution is 2.45. The monoisotopic (exact) mass is 403 g/mol. The van der Waals surface area contributed by atoms with Crippen molar-refractivity contribution in [2.75, 3.05) is 20.2 Å². The molecule has 7 nitrogen and oxygen atoms in total. The maximum Gasteiger partial charge on any atom is 0.278 e. The van der Waals surface area contributed by atoms with Crippen molar-refractivity contribution in [3.63, 3.8) is 0 Å². The summed E-state index contributed by atoms with van der Waals surface area (Å²) in [6.45, 7) is 1.11. The van der Waals surface area contributed by atoms with Crippen molar-refractivity contribution in [2.45, 2.75) is 18.4 Å². The lowest BCUT2D eigenvalue weighted by molar-refractivity contribution is -0.131. The molecule has 2 aliphatic heterocycles. The minimum Gasteiger partial charge on any atom is -0.477 e. The number of hydrogen-bond donors (Lipinski definition) is 0. The zero-order chi connectivity index (χ0) is 20.5. The lowest BCUT2D eigenvalue weighted by atomic mass is 9.87. The number of para-hydroxylation sites is 2. The fourth-order valence-corrected chi connectivity index (χ4v) is 4.07. The first-order chi connectivity index (χ1) is 14.7. The van der Waals surface area contributed by atoms with E-state index in [2.05, 4.69) is 9.97 Å². The van der Waals surface area contributed by atoms with Gasteiger partial charge in [-0.25, -0.2) is 9.97 Å². The molecule has 1 saturated heterocycles. The molecule has 1 atom stereocenters. The molecule has 0 N–H and O–H groups in total. The quantitative estimate of drug-likeness (QED) is 0.665. The van der Waals surface area contributed by atoms with E-state index in [4.69, 9.17) is 14.2 Å². The molecule has 2 aliphatic rings. The smallest absolute Gasteiger partial charge is 0.278 e. The van der Waals surface area contributed by atoms with Crippen LogP contribution in [0.4, 0.5) is 0 Å². The molecule has 5 rings (SSSR count). The van der Waals surface area contributed by atoms with Gasteiger partial charge in [0.15, 0.2) is 0 Å². The highest BCUT2D eigenvalue weighted by molar-refractivity contribution is 5.90. The Morgan fingerprint density at radius 1 is 1.00 bits per heavy atom. The maximum absolute atomic E-state index is 13.6. The van der Waals surface area contributed by atoms with Crippen molar-refractivity contribution in [2.24, 2.45) is 0 Å². The Morgan fingerprint density at radius 2 is 1.63 bits per heavy atom. The van der Waals surface area contributed by atoms with Gasteiger partial charge in [0.25, 0.3) is 11.8 Å². The molecule has 0 spiro atoms. The Kier molecular flexibility index (Phi) is 4.71. The summed E-state index contributed by atoms with van der Waals surface area (Å²) in [6, 6.07) is 15.4. The normalized spacial score (nSPS) is 17.6. The van der Waals surface area contributed by atoms with Crippen molar-refractivity contribution >= 4 is 5.91 Å². The van der Waals surface area contributed by atoms with Crippen LogP contribution in [0, 0.1) is 0 Å². The molecule has 1 fully saturated rings. The molecule has 1 amide bonds. The van der Waals surface area contributed by atoms with Gasteiger partial charge in [-0.15, -0.1) is 0 Å². The molecule has 3 aromatic rings. The van der Waals surface area contributed by atoms with E-state index in [-0.39, 0.29) is 12.0 Å². The van der Waals surface area contributed by atoms with Crippen LogP contribution in [-0.2, 0) is 4.79 Å². The molecule has 152 valence electrons. The number of hydrogen-bond acceptors (Lipinski definition) is 6. The highest BCUT2D eigenvalue weighted by Gasteiger charge is 2.38. The minimum atomic E-state index is -0.393. The summed E-state index contributed by atoms with van der Waals surface area (Å²) in [7, 11) is 1.53. The molecule has 2 aromatic carbocycles. The summed E-state index contributed by atoms with van der Waals surface area (Å²) in [6.07, 6.45) is 3.67. The molecule has 30 heavy (non-hydrogen) atoms. The van der Waals surface area contributed by atoms with Gasteiger partial charge in [-0.05, 0) is 12.1 Å². The number of benzene rings is 2. The first-order valence-corrected chi connectivity index (χ1v) is 9.90. The Labute approximate surface area is 174 Å². The molecule has 7 heteroatoms. The summed E-state index contributed by atoms with van der Waals surface area (Å²) in [5, 5.41) is 0. The molecular formula is C23H21N3O4. The van der Waals surface area contributed by atoms with Gasteiger partial charge in [-0.3, -0.25) is 4.79 Å². The Bertz CT molecular complexity index is 1040. The molecule has 0 radical (unpaired) electrons. The molecule has 0 bridgehead atoms. The SMILES string of the molecule is COc1nccnc1OC1CCN(C(=O)C2c3ccccc3Oc3ccccc32)C1. The van der Waals surface area contributed by atoms with E-state index in [0.29, 0.717) is 24.8 Å². The summed E-state index contributed by atoms with van der Waals surface area (Å²) >= 11 is 0. The molecular weight excluding hydrogens is 382 g/mol. The molecule has 0 saturated carbocycles. The number of fused-ring (bicyclic) bond motifs is 2. The topological polar surface area (TPSA) is 73.8 Å². The van der Waals surface area contributed by atoms with Gasteiger partial charge in [-0.2, -0.15) is 0 Å². The van der Waals surface area contributed by atoms with Crippen LogP contribution < -0.4 is 14.2 Å². The van der Waals surface area contributed by atoms with E-state index in [1.807, 2.05) is 53.4 Å². The minimum absolute atomic E-state index is 0.0513. The number of rotatable bonds is 4. The van der Waals surface area contributed by atoms with Gasteiger partial charge >= 0.3 is 0 Å². The largest absolute Gasteiger partial charge is 0.477 e. The molecule has 3 heterocycles. The van der Waals surface area contributed by atoms with Gasteiger partial charge in [0.05, 0.1) is 19.6 Å². The number of carbonyl (C=O) groups is 1. The lowest BCUT2D eigenvalue weighted by Crippen LogP contribution is -2.36. The van der Waals surface area contributed by atoms with Crippen LogP contribution in [0.1, 0.15) is 23.5 Å². The number of amides is 1. The van der Waals surface area contributed by atoms with Crippen molar-refractivity contribution < 1.29 is 19.0 Å². The summed E-state index contributed by atoms with van der Waals surface area (Å²) in [5.74, 6) is 1.80. The summed E-state index contributed by atoms with van der Waals surface area (Å²) < 4.78 is 17.2. The van der Waals surface area contributed by atoms with E-state index in [0.717, 1.165) is 29.0 Å². The second kappa shape index (κ2) is 7.67. The number of nitrogens with zero attached hydrogens (tertiary/aromatic N) is 3. The van der Waals surface area contributed by atoms with Gasteiger partial charge in [0.1, 0.15) is 17.6 Å². The van der Waals surface area contributed by atoms with Gasteiger partial charge in [0, 0.05) is 36.5 Å². The number of aromatic nitrogens is 2. The van der Waals surface area contributed by atoms with Gasteiger partial charge in [0.2, 0.25) is 5.91 Å². The first-order valence-electron chi connectivity index (χ1n) is 9.90. The average molecular weight is 403 g/mol. The van der Waals surface area contributed by atoms with Crippen molar-refractivity contribution in [3.8, 4) is 23.3 Å². The van der Waals surface area contributed by atoms with E-state index in [1.54, 1.807) is 12.4 Å². The molecule has 1 aromatic heterocycles. The number of carbonyl (C=O) groups excluding carboxylic acids is 1. The first kappa shape index (κ1) is 18.4. The maximum atomic E-state index is 13.6. The number of methoxy groups -OCH3 is 1. The number of likely N-dealkylation sites (tertiary alicyclic amines) is 1. The second-order valence-electron chi connectivity index (χ2n) is 7.29. The predicted molar refractivity (Wildman–Crippen MR) is 109 cm³/mol. The summed E-state index contributed by atoms with van der Waals surface area (Å²) in [4.78, 5) is 23.8. The van der Waals surface area contributed by atoms with E-state index >= 15 is 0 Å². The van der Waals surface area contributed by atoms with Gasteiger partial charge < -0.3 is 19.1 Å². The zero-order valence-corrected chi connectivity index (χ0v) is 16.5. The highest BCUT2D eigenvalue weighted by atomic mass is 16.5. The Hall–Kier alpha value is -3.61. The van der Waals surface area contributed by atoms with Crippen LogP contribution in [0.5, 0.6) is 23.3 Å². The fraction of sp³-hybridized carbons (Fsp3) is 0.261. The van der Waals surface area contributed by atoms with Crippen LogP contribution in [0.15, 0.2) is 60.9 Å². The third-order valence-corrected chi connectivity index (χ3v) is 5.49. The third kappa shape index (κ3) is 3.22. The van der Waals surface area contributed by atoms with Crippen LogP contribution in [0.25, 0.3) is 0 Å². The van der Waals surface area contributed by atoms with Crippen LogP contribution in [0.3, 0.4) is 0 Å². The summed E-state index contributed by atoms with van der Waals surface area (Å²) in [5.41, 5.74) is 1.78. The lowest BCUT2D eigenvalue weighted by Gasteiger charge is -2.30. The van der Waals surface area contributed by atoms with E-state index in [9.17, 15) is 4.79 Å². The van der Waals surface area contributed by atoms with Gasteiger partial charge in [-0.1, -0.05) is 36.4 Å². The predicted octanol–water partition coefficient (Wildman–Crippen LogP) is 3.40. The van der Waals surface area contributed by atoms with Crippen molar-refractivity contribution in [3.05, 3.63) is 72.1 Å². The van der Waals surface area contributed by atoms with E-state index in [1.165, 1.54) is 7.11 Å².